The molecule has 0 atom stereocenters. The third-order valence-corrected chi connectivity index (χ3v) is 2.15. The Morgan fingerprint density at radius 3 is 2.29 bits per heavy atom. The monoisotopic (exact) mass is 197 g/mol. The summed E-state index contributed by atoms with van der Waals surface area (Å²) in [4.78, 5) is 12.7. The van der Waals surface area contributed by atoms with Gasteiger partial charge in [0.2, 0.25) is 0 Å². The van der Waals surface area contributed by atoms with E-state index in [4.69, 9.17) is 0 Å². The number of likely N-dealkylation sites (tertiary alicyclic amines) is 1. The molecule has 1 saturated heterocycles. The van der Waals surface area contributed by atoms with Crippen molar-refractivity contribution in [3.05, 3.63) is 35.9 Å². The van der Waals surface area contributed by atoms with Crippen molar-refractivity contribution >= 4 is 5.91 Å². The van der Waals surface area contributed by atoms with Crippen LogP contribution in [0, 0.1) is 0 Å². The van der Waals surface area contributed by atoms with Crippen LogP contribution in [0.15, 0.2) is 30.3 Å². The number of alkyl halides is 2. The van der Waals surface area contributed by atoms with Crippen LogP contribution in [0.5, 0.6) is 0 Å². The van der Waals surface area contributed by atoms with Crippen LogP contribution in [0.4, 0.5) is 8.78 Å². The van der Waals surface area contributed by atoms with E-state index >= 15 is 0 Å². The minimum absolute atomic E-state index is 0.323. The van der Waals surface area contributed by atoms with Gasteiger partial charge in [0, 0.05) is 5.56 Å². The van der Waals surface area contributed by atoms with Gasteiger partial charge in [0.25, 0.3) is 11.8 Å². The fraction of sp³-hybridized carbons (Fsp3) is 0.300. The molecule has 0 saturated carbocycles. The maximum absolute atomic E-state index is 12.5. The highest BCUT2D eigenvalue weighted by molar-refractivity contribution is 5.94. The fourth-order valence-corrected chi connectivity index (χ4v) is 1.42. The van der Waals surface area contributed by atoms with Gasteiger partial charge in [0.15, 0.2) is 0 Å². The molecular formula is C10H9F2NO. The van der Waals surface area contributed by atoms with Crippen LogP contribution in [-0.4, -0.2) is 29.8 Å². The molecule has 1 aliphatic heterocycles. The Bertz CT molecular complexity index is 342. The van der Waals surface area contributed by atoms with E-state index in [1.165, 1.54) is 0 Å². The highest BCUT2D eigenvalue weighted by atomic mass is 19.3. The second kappa shape index (κ2) is 3.04. The number of nitrogens with zero attached hydrogens (tertiary/aromatic N) is 1. The Labute approximate surface area is 80.1 Å². The average Bonchev–Trinajstić information content (AvgIpc) is 2.14. The third kappa shape index (κ3) is 1.60. The van der Waals surface area contributed by atoms with E-state index in [9.17, 15) is 13.6 Å². The molecule has 0 unspecified atom stereocenters. The predicted octanol–water partition coefficient (Wildman–Crippen LogP) is 1.78. The summed E-state index contributed by atoms with van der Waals surface area (Å²) in [5.74, 6) is -3.01. The lowest BCUT2D eigenvalue weighted by atomic mass is 10.1. The van der Waals surface area contributed by atoms with Crippen molar-refractivity contribution in [3.63, 3.8) is 0 Å². The second-order valence-corrected chi connectivity index (χ2v) is 3.38. The highest BCUT2D eigenvalue weighted by Gasteiger charge is 2.46. The number of carbonyl (C=O) groups excluding carboxylic acids is 1. The SMILES string of the molecule is O=C(c1ccccc1)N1CC(F)(F)C1. The van der Waals surface area contributed by atoms with Crippen molar-refractivity contribution in [2.24, 2.45) is 0 Å². The molecular weight excluding hydrogens is 188 g/mol. The average molecular weight is 197 g/mol. The van der Waals surface area contributed by atoms with E-state index < -0.39 is 19.0 Å². The van der Waals surface area contributed by atoms with Crippen LogP contribution in [0.25, 0.3) is 0 Å². The quantitative estimate of drug-likeness (QED) is 0.672. The molecule has 14 heavy (non-hydrogen) atoms. The van der Waals surface area contributed by atoms with Gasteiger partial charge in [-0.3, -0.25) is 4.79 Å². The molecule has 1 fully saturated rings. The predicted molar refractivity (Wildman–Crippen MR) is 47.3 cm³/mol. The molecule has 1 aromatic rings. The molecule has 74 valence electrons. The van der Waals surface area contributed by atoms with Crippen molar-refractivity contribution < 1.29 is 13.6 Å². The molecule has 1 aliphatic rings. The minimum Gasteiger partial charge on any atom is -0.326 e. The number of rotatable bonds is 1. The van der Waals surface area contributed by atoms with Crippen molar-refractivity contribution in [3.8, 4) is 0 Å². The molecule has 0 spiro atoms. The summed E-state index contributed by atoms with van der Waals surface area (Å²) in [7, 11) is 0. The number of hydrogen-bond donors (Lipinski definition) is 0. The molecule has 0 aromatic heterocycles. The Kier molecular flexibility index (Phi) is 1.98. The summed E-state index contributed by atoms with van der Waals surface area (Å²) < 4.78 is 24.9. The molecule has 0 bridgehead atoms. The molecule has 1 amide bonds. The largest absolute Gasteiger partial charge is 0.326 e. The number of amides is 1. The van der Waals surface area contributed by atoms with E-state index in [0.29, 0.717) is 5.56 Å². The number of halogens is 2. The van der Waals surface area contributed by atoms with Crippen LogP contribution in [0.1, 0.15) is 10.4 Å². The molecule has 1 heterocycles. The molecule has 4 heteroatoms. The second-order valence-electron chi connectivity index (χ2n) is 3.38. The number of benzene rings is 1. The molecule has 0 radical (unpaired) electrons. The van der Waals surface area contributed by atoms with Crippen molar-refractivity contribution in [2.45, 2.75) is 5.92 Å². The Morgan fingerprint density at radius 1 is 1.21 bits per heavy atom. The summed E-state index contributed by atoms with van der Waals surface area (Å²) in [6, 6.07) is 8.45. The van der Waals surface area contributed by atoms with Gasteiger partial charge >= 0.3 is 0 Å². The lowest BCUT2D eigenvalue weighted by Gasteiger charge is -2.38. The zero-order valence-electron chi connectivity index (χ0n) is 7.41. The molecule has 0 aliphatic carbocycles. The van der Waals surface area contributed by atoms with Crippen molar-refractivity contribution in [1.29, 1.82) is 0 Å². The van der Waals surface area contributed by atoms with E-state index in [2.05, 4.69) is 0 Å². The van der Waals surface area contributed by atoms with Crippen LogP contribution < -0.4 is 0 Å². The van der Waals surface area contributed by atoms with Gasteiger partial charge in [-0.25, -0.2) is 8.78 Å². The third-order valence-electron chi connectivity index (χ3n) is 2.15. The first-order chi connectivity index (χ1) is 6.58. The van der Waals surface area contributed by atoms with Gasteiger partial charge in [0.1, 0.15) is 0 Å². The topological polar surface area (TPSA) is 20.3 Å². The maximum Gasteiger partial charge on any atom is 0.282 e. The smallest absolute Gasteiger partial charge is 0.282 e. The van der Waals surface area contributed by atoms with E-state index in [0.717, 1.165) is 4.90 Å². The molecule has 0 N–H and O–H groups in total. The standard InChI is InChI=1S/C10H9F2NO/c11-10(12)6-13(7-10)9(14)8-4-2-1-3-5-8/h1-5H,6-7H2. The Morgan fingerprint density at radius 2 is 1.79 bits per heavy atom. The van der Waals surface area contributed by atoms with Crippen LogP contribution in [0.2, 0.25) is 0 Å². The summed E-state index contributed by atoms with van der Waals surface area (Å²) in [5, 5.41) is 0. The number of hydrogen-bond acceptors (Lipinski definition) is 1. The van der Waals surface area contributed by atoms with Crippen molar-refractivity contribution in [2.75, 3.05) is 13.1 Å². The van der Waals surface area contributed by atoms with Gasteiger partial charge in [-0.2, -0.15) is 0 Å². The normalized spacial score (nSPS) is 18.9. The minimum atomic E-state index is -2.69. The molecule has 2 nitrogen and oxygen atoms in total. The first-order valence-electron chi connectivity index (χ1n) is 4.31. The summed E-state index contributed by atoms with van der Waals surface area (Å²) in [5.41, 5.74) is 0.461. The Hall–Kier alpha value is -1.45. The summed E-state index contributed by atoms with van der Waals surface area (Å²) in [6.07, 6.45) is 0. The van der Waals surface area contributed by atoms with Gasteiger partial charge in [0.05, 0.1) is 13.1 Å². The van der Waals surface area contributed by atoms with Gasteiger partial charge < -0.3 is 4.90 Å². The molecule has 1 aromatic carbocycles. The number of carbonyl (C=O) groups is 1. The zero-order valence-corrected chi connectivity index (χ0v) is 7.41. The van der Waals surface area contributed by atoms with Crippen molar-refractivity contribution in [1.82, 2.24) is 4.90 Å². The van der Waals surface area contributed by atoms with E-state index in [1.807, 2.05) is 0 Å². The maximum atomic E-state index is 12.5. The lowest BCUT2D eigenvalue weighted by molar-refractivity contribution is -0.113. The first-order valence-corrected chi connectivity index (χ1v) is 4.31. The van der Waals surface area contributed by atoms with E-state index in [-0.39, 0.29) is 5.91 Å². The zero-order chi connectivity index (χ0) is 10.2. The lowest BCUT2D eigenvalue weighted by Crippen LogP contribution is -2.58. The van der Waals surface area contributed by atoms with E-state index in [1.54, 1.807) is 30.3 Å². The summed E-state index contributed by atoms with van der Waals surface area (Å²) in [6.45, 7) is -0.915. The summed E-state index contributed by atoms with van der Waals surface area (Å²) >= 11 is 0. The first kappa shape index (κ1) is 9.12. The fourth-order valence-electron chi connectivity index (χ4n) is 1.42. The van der Waals surface area contributed by atoms with Gasteiger partial charge in [-0.15, -0.1) is 0 Å². The Balaban J connectivity index is 2.05. The van der Waals surface area contributed by atoms with Gasteiger partial charge in [-0.05, 0) is 12.1 Å². The van der Waals surface area contributed by atoms with Crippen LogP contribution >= 0.6 is 0 Å². The van der Waals surface area contributed by atoms with Gasteiger partial charge in [-0.1, -0.05) is 18.2 Å². The molecule has 2 rings (SSSR count). The van der Waals surface area contributed by atoms with Crippen LogP contribution in [-0.2, 0) is 0 Å². The van der Waals surface area contributed by atoms with Crippen LogP contribution in [0.3, 0.4) is 0 Å². The highest BCUT2D eigenvalue weighted by Crippen LogP contribution is 2.27.